The van der Waals surface area contributed by atoms with Crippen LogP contribution in [-0.2, 0) is 6.54 Å². The van der Waals surface area contributed by atoms with Crippen molar-refractivity contribution in [2.75, 3.05) is 5.32 Å². The molecule has 1 aliphatic carbocycles. The maximum atomic E-state index is 12.0. The Morgan fingerprint density at radius 3 is 2.76 bits per heavy atom. The molecule has 0 aliphatic heterocycles. The largest absolute Gasteiger partial charge is 0.366 e. The number of nitrogens with one attached hydrogen (secondary N) is 2. The molecule has 1 aromatic carbocycles. The third kappa shape index (κ3) is 3.78. The number of carbonyl (C=O) groups is 1. The zero-order chi connectivity index (χ0) is 14.7. The quantitative estimate of drug-likeness (QED) is 0.883. The Morgan fingerprint density at radius 1 is 1.24 bits per heavy atom. The van der Waals surface area contributed by atoms with E-state index in [1.54, 1.807) is 12.1 Å². The number of aryl methyl sites for hydroxylation is 1. The van der Waals surface area contributed by atoms with Gasteiger partial charge in [0.2, 0.25) is 0 Å². The molecule has 1 aliphatic rings. The van der Waals surface area contributed by atoms with Crippen LogP contribution in [0.5, 0.6) is 0 Å². The molecule has 0 spiro atoms. The van der Waals surface area contributed by atoms with Crippen LogP contribution in [0.1, 0.15) is 34.5 Å². The average molecular weight is 282 g/mol. The first-order valence-electron chi connectivity index (χ1n) is 7.15. The van der Waals surface area contributed by atoms with E-state index in [1.807, 2.05) is 25.1 Å². The van der Waals surface area contributed by atoms with Crippen molar-refractivity contribution in [3.8, 4) is 0 Å². The summed E-state index contributed by atoms with van der Waals surface area (Å²) in [6.07, 6.45) is 2.36. The van der Waals surface area contributed by atoms with Crippen LogP contribution in [0, 0.1) is 6.92 Å². The minimum Gasteiger partial charge on any atom is -0.366 e. The van der Waals surface area contributed by atoms with E-state index in [-0.39, 0.29) is 5.91 Å². The monoisotopic (exact) mass is 282 g/mol. The summed E-state index contributed by atoms with van der Waals surface area (Å²) >= 11 is 0. The number of rotatable bonds is 5. The Morgan fingerprint density at radius 2 is 2.10 bits per heavy atom. The maximum absolute atomic E-state index is 12.0. The van der Waals surface area contributed by atoms with Crippen molar-refractivity contribution in [1.29, 1.82) is 0 Å². The number of benzene rings is 1. The molecule has 2 N–H and O–H groups in total. The third-order valence-corrected chi connectivity index (χ3v) is 3.36. The third-order valence-electron chi connectivity index (χ3n) is 3.36. The fraction of sp³-hybridized carbons (Fsp3) is 0.312. The van der Waals surface area contributed by atoms with E-state index < -0.39 is 0 Å². The van der Waals surface area contributed by atoms with Gasteiger partial charge in [-0.15, -0.1) is 10.2 Å². The smallest absolute Gasteiger partial charge is 0.272 e. The van der Waals surface area contributed by atoms with Crippen molar-refractivity contribution in [2.45, 2.75) is 32.4 Å². The summed E-state index contributed by atoms with van der Waals surface area (Å²) in [5, 5.41) is 14.1. The van der Waals surface area contributed by atoms with Gasteiger partial charge in [0.15, 0.2) is 5.69 Å². The topological polar surface area (TPSA) is 66.9 Å². The van der Waals surface area contributed by atoms with E-state index in [0.717, 1.165) is 11.4 Å². The van der Waals surface area contributed by atoms with Gasteiger partial charge in [0.1, 0.15) is 5.82 Å². The van der Waals surface area contributed by atoms with Crippen LogP contribution in [0.15, 0.2) is 36.4 Å². The van der Waals surface area contributed by atoms with Gasteiger partial charge >= 0.3 is 0 Å². The summed E-state index contributed by atoms with van der Waals surface area (Å²) in [4.78, 5) is 12.0. The number of nitrogens with zero attached hydrogens (tertiary/aromatic N) is 2. The highest BCUT2D eigenvalue weighted by Gasteiger charge is 2.21. The van der Waals surface area contributed by atoms with Crippen LogP contribution in [0.4, 0.5) is 5.82 Å². The minimum atomic E-state index is -0.207. The van der Waals surface area contributed by atoms with Gasteiger partial charge in [0, 0.05) is 12.6 Å². The second-order valence-electron chi connectivity index (χ2n) is 5.39. The summed E-state index contributed by atoms with van der Waals surface area (Å²) in [5.74, 6) is 0.523. The van der Waals surface area contributed by atoms with Crippen LogP contribution in [0.25, 0.3) is 0 Å². The molecule has 1 amide bonds. The van der Waals surface area contributed by atoms with Gasteiger partial charge in [0.05, 0.1) is 0 Å². The number of hydrogen-bond acceptors (Lipinski definition) is 4. The van der Waals surface area contributed by atoms with E-state index in [9.17, 15) is 4.79 Å². The normalized spacial score (nSPS) is 13.8. The average Bonchev–Trinajstić information content (AvgIpc) is 3.30. The number of amides is 1. The Kier molecular flexibility index (Phi) is 3.81. The van der Waals surface area contributed by atoms with Gasteiger partial charge < -0.3 is 10.6 Å². The standard InChI is InChI=1S/C16H18N4O/c1-11-3-2-4-12(9-11)10-17-16(21)14-7-8-15(20-19-14)18-13-5-6-13/h2-4,7-9,13H,5-6,10H2,1H3,(H,17,21)(H,18,20). The lowest BCUT2D eigenvalue weighted by atomic mass is 10.1. The molecular weight excluding hydrogens is 264 g/mol. The van der Waals surface area contributed by atoms with Crippen LogP contribution in [0.3, 0.4) is 0 Å². The molecule has 5 nitrogen and oxygen atoms in total. The highest BCUT2D eigenvalue weighted by molar-refractivity contribution is 5.92. The lowest BCUT2D eigenvalue weighted by Crippen LogP contribution is -2.24. The van der Waals surface area contributed by atoms with Gasteiger partial charge in [-0.05, 0) is 37.5 Å². The maximum Gasteiger partial charge on any atom is 0.272 e. The highest BCUT2D eigenvalue weighted by Crippen LogP contribution is 2.23. The molecule has 1 heterocycles. The molecule has 0 atom stereocenters. The van der Waals surface area contributed by atoms with E-state index in [4.69, 9.17) is 0 Å². The van der Waals surface area contributed by atoms with E-state index in [0.29, 0.717) is 18.3 Å². The molecule has 21 heavy (non-hydrogen) atoms. The molecule has 0 saturated heterocycles. The molecule has 5 heteroatoms. The van der Waals surface area contributed by atoms with Crippen LogP contribution in [0.2, 0.25) is 0 Å². The van der Waals surface area contributed by atoms with Crippen molar-refractivity contribution in [2.24, 2.45) is 0 Å². The second kappa shape index (κ2) is 5.91. The fourth-order valence-corrected chi connectivity index (χ4v) is 2.06. The highest BCUT2D eigenvalue weighted by atomic mass is 16.1. The minimum absolute atomic E-state index is 0.207. The van der Waals surface area contributed by atoms with Gasteiger partial charge in [-0.25, -0.2) is 0 Å². The van der Waals surface area contributed by atoms with Crippen molar-refractivity contribution >= 4 is 11.7 Å². The lowest BCUT2D eigenvalue weighted by Gasteiger charge is -2.06. The zero-order valence-electron chi connectivity index (χ0n) is 12.0. The predicted molar refractivity (Wildman–Crippen MR) is 81.0 cm³/mol. The number of carbonyl (C=O) groups excluding carboxylic acids is 1. The molecular formula is C16H18N4O. The molecule has 0 radical (unpaired) electrons. The molecule has 108 valence electrons. The van der Waals surface area contributed by atoms with Crippen molar-refractivity contribution in [3.05, 3.63) is 53.2 Å². The second-order valence-corrected chi connectivity index (χ2v) is 5.39. The SMILES string of the molecule is Cc1cccc(CNC(=O)c2ccc(NC3CC3)nn2)c1. The van der Waals surface area contributed by atoms with E-state index >= 15 is 0 Å². The van der Waals surface area contributed by atoms with Crippen LogP contribution >= 0.6 is 0 Å². The molecule has 3 rings (SSSR count). The summed E-state index contributed by atoms with van der Waals surface area (Å²) < 4.78 is 0. The first-order chi connectivity index (χ1) is 10.2. The fourth-order valence-electron chi connectivity index (χ4n) is 2.06. The van der Waals surface area contributed by atoms with Gasteiger partial charge in [-0.2, -0.15) is 0 Å². The van der Waals surface area contributed by atoms with Crippen LogP contribution < -0.4 is 10.6 Å². The van der Waals surface area contributed by atoms with Crippen molar-refractivity contribution in [1.82, 2.24) is 15.5 Å². The van der Waals surface area contributed by atoms with Gasteiger partial charge in [0.25, 0.3) is 5.91 Å². The molecule has 1 fully saturated rings. The number of aromatic nitrogens is 2. The first kappa shape index (κ1) is 13.5. The first-order valence-corrected chi connectivity index (χ1v) is 7.15. The predicted octanol–water partition coefficient (Wildman–Crippen LogP) is 2.29. The summed E-state index contributed by atoms with van der Waals surface area (Å²) in [6.45, 7) is 2.52. The molecule has 2 aromatic rings. The van der Waals surface area contributed by atoms with E-state index in [1.165, 1.54) is 18.4 Å². The number of hydrogen-bond donors (Lipinski definition) is 2. The molecule has 1 saturated carbocycles. The summed E-state index contributed by atoms with van der Waals surface area (Å²) in [6, 6.07) is 12.1. The van der Waals surface area contributed by atoms with Crippen molar-refractivity contribution < 1.29 is 4.79 Å². The Balaban J connectivity index is 1.57. The molecule has 0 unspecified atom stereocenters. The molecule has 0 bridgehead atoms. The van der Waals surface area contributed by atoms with Gasteiger partial charge in [-0.1, -0.05) is 29.8 Å². The van der Waals surface area contributed by atoms with E-state index in [2.05, 4.69) is 26.9 Å². The summed E-state index contributed by atoms with van der Waals surface area (Å²) in [7, 11) is 0. The zero-order valence-corrected chi connectivity index (χ0v) is 12.0. The van der Waals surface area contributed by atoms with Gasteiger partial charge in [-0.3, -0.25) is 4.79 Å². The Bertz CT molecular complexity index is 635. The Hall–Kier alpha value is -2.43. The Labute approximate surface area is 123 Å². The van der Waals surface area contributed by atoms with Crippen LogP contribution in [-0.4, -0.2) is 22.1 Å². The number of anilines is 1. The molecule has 1 aromatic heterocycles. The van der Waals surface area contributed by atoms with Crippen molar-refractivity contribution in [3.63, 3.8) is 0 Å². The lowest BCUT2D eigenvalue weighted by molar-refractivity contribution is 0.0945. The summed E-state index contributed by atoms with van der Waals surface area (Å²) in [5.41, 5.74) is 2.59.